The van der Waals surface area contributed by atoms with Crippen LogP contribution in [0.3, 0.4) is 0 Å². The van der Waals surface area contributed by atoms with Gasteiger partial charge in [-0.25, -0.2) is 28.2 Å². The Labute approximate surface area is 199 Å². The van der Waals surface area contributed by atoms with E-state index in [0.29, 0.717) is 41.6 Å². The predicted octanol–water partition coefficient (Wildman–Crippen LogP) is 3.60. The van der Waals surface area contributed by atoms with Crippen LogP contribution < -0.4 is 9.47 Å². The van der Waals surface area contributed by atoms with Crippen molar-refractivity contribution in [2.24, 2.45) is 0 Å². The summed E-state index contributed by atoms with van der Waals surface area (Å²) in [6.07, 6.45) is 5.28. The Morgan fingerprint density at radius 2 is 1.74 bits per heavy atom. The van der Waals surface area contributed by atoms with Gasteiger partial charge in [0.05, 0.1) is 17.4 Å². The zero-order valence-electron chi connectivity index (χ0n) is 20.0. The number of fused-ring (bicyclic) bond motifs is 2. The largest absolute Gasteiger partial charge is 0.474 e. The van der Waals surface area contributed by atoms with Gasteiger partial charge in [0.15, 0.2) is 20.6 Å². The van der Waals surface area contributed by atoms with Gasteiger partial charge in [-0.05, 0) is 52.7 Å². The number of carbonyl (C=O) groups is 1. The second-order valence-electron chi connectivity index (χ2n) is 9.15. The normalized spacial score (nSPS) is 22.1. The molecular weight excluding hydrogens is 460 g/mol. The molecule has 0 radical (unpaired) electrons. The minimum atomic E-state index is -3.41. The Morgan fingerprint density at radius 1 is 1.09 bits per heavy atom. The van der Waals surface area contributed by atoms with Gasteiger partial charge >= 0.3 is 6.09 Å². The first-order chi connectivity index (χ1) is 16.0. The van der Waals surface area contributed by atoms with Crippen molar-refractivity contribution >= 4 is 15.9 Å². The number of hydrogen-bond acceptors (Lipinski definition) is 9. The van der Waals surface area contributed by atoms with Crippen molar-refractivity contribution in [1.29, 1.82) is 0 Å². The van der Waals surface area contributed by atoms with E-state index in [1.807, 2.05) is 25.7 Å². The molecule has 2 aromatic rings. The third kappa shape index (κ3) is 5.08. The number of carbonyl (C=O) groups excluding carboxylic acids is 1. The Kier molecular flexibility index (Phi) is 6.66. The highest BCUT2D eigenvalue weighted by atomic mass is 32.2. The van der Waals surface area contributed by atoms with Gasteiger partial charge in [0, 0.05) is 31.2 Å². The molecule has 2 atom stereocenters. The number of hydrogen-bond donors (Lipinski definition) is 0. The molecule has 2 aliphatic rings. The predicted molar refractivity (Wildman–Crippen MR) is 123 cm³/mol. The van der Waals surface area contributed by atoms with E-state index in [1.54, 1.807) is 13.0 Å². The van der Waals surface area contributed by atoms with Gasteiger partial charge in [0.25, 0.3) is 0 Å². The van der Waals surface area contributed by atoms with Crippen LogP contribution in [0, 0.1) is 13.8 Å². The maximum absolute atomic E-state index is 12.5. The number of ether oxygens (including phenoxy) is 3. The topological polar surface area (TPSA) is 121 Å². The van der Waals surface area contributed by atoms with Crippen LogP contribution in [0.1, 0.15) is 50.8 Å². The lowest BCUT2D eigenvalue weighted by molar-refractivity contribution is 0.0206. The monoisotopic (exact) mass is 490 g/mol. The summed E-state index contributed by atoms with van der Waals surface area (Å²) in [6, 6.07) is 3.15. The van der Waals surface area contributed by atoms with Gasteiger partial charge < -0.3 is 19.1 Å². The first-order valence-electron chi connectivity index (χ1n) is 11.4. The van der Waals surface area contributed by atoms with Gasteiger partial charge in [0.2, 0.25) is 11.8 Å². The third-order valence-electron chi connectivity index (χ3n) is 6.11. The van der Waals surface area contributed by atoms with Crippen LogP contribution in [0.25, 0.3) is 0 Å². The molecule has 0 aliphatic carbocycles. The molecule has 2 aliphatic heterocycles. The molecule has 2 aromatic heterocycles. The van der Waals surface area contributed by atoms with Crippen LogP contribution in [0.2, 0.25) is 0 Å². The van der Waals surface area contributed by atoms with E-state index in [9.17, 15) is 13.2 Å². The highest BCUT2D eigenvalue weighted by molar-refractivity contribution is 7.90. The highest BCUT2D eigenvalue weighted by Gasteiger charge is 2.45. The van der Waals surface area contributed by atoms with Crippen molar-refractivity contribution in [2.45, 2.75) is 82.7 Å². The lowest BCUT2D eigenvalue weighted by Gasteiger charge is -2.38. The molecule has 4 rings (SSSR count). The Morgan fingerprint density at radius 3 is 2.32 bits per heavy atom. The van der Waals surface area contributed by atoms with E-state index in [1.165, 1.54) is 12.4 Å². The van der Waals surface area contributed by atoms with Crippen LogP contribution >= 0.6 is 0 Å². The molecule has 1 amide bonds. The van der Waals surface area contributed by atoms with Crippen molar-refractivity contribution in [3.8, 4) is 17.5 Å². The minimum absolute atomic E-state index is 0.0148. The quantitative estimate of drug-likeness (QED) is 0.598. The fourth-order valence-corrected chi connectivity index (χ4v) is 5.14. The summed E-state index contributed by atoms with van der Waals surface area (Å²) in [6.45, 7) is 7.18. The highest BCUT2D eigenvalue weighted by Crippen LogP contribution is 2.38. The van der Waals surface area contributed by atoms with E-state index in [-0.39, 0.29) is 35.4 Å². The zero-order valence-corrected chi connectivity index (χ0v) is 20.8. The summed E-state index contributed by atoms with van der Waals surface area (Å²) in [5.74, 6) is 1.13. The Hall–Kier alpha value is -2.95. The minimum Gasteiger partial charge on any atom is -0.474 e. The molecule has 10 nitrogen and oxygen atoms in total. The molecule has 0 N–H and O–H groups in total. The average molecular weight is 491 g/mol. The van der Waals surface area contributed by atoms with E-state index in [0.717, 1.165) is 19.1 Å². The maximum atomic E-state index is 12.5. The zero-order chi connectivity index (χ0) is 24.6. The lowest BCUT2D eigenvalue weighted by Crippen LogP contribution is -2.50. The fraction of sp³-hybridized carbons (Fsp3) is 0.565. The summed E-state index contributed by atoms with van der Waals surface area (Å²) >= 11 is 0. The summed E-state index contributed by atoms with van der Waals surface area (Å²) < 4.78 is 41.0. The maximum Gasteiger partial charge on any atom is 0.410 e. The van der Waals surface area contributed by atoms with Crippen molar-refractivity contribution in [3.63, 3.8) is 0 Å². The SMILES string of the molecule is Cc1nc(S(C)(=O)=O)ccc1Oc1ncnc(OC2CC3CCC(C2)N3C(=O)OC(C)C)c1C. The number of amides is 1. The summed E-state index contributed by atoms with van der Waals surface area (Å²) in [4.78, 5) is 27.0. The smallest absolute Gasteiger partial charge is 0.410 e. The van der Waals surface area contributed by atoms with Crippen LogP contribution in [-0.2, 0) is 14.6 Å². The van der Waals surface area contributed by atoms with E-state index in [4.69, 9.17) is 14.2 Å². The standard InChI is InChI=1S/C23H30N4O6S/c1-13(2)31-23(28)27-16-6-7-17(27)11-18(10-16)32-21-14(3)22(25-12-24-21)33-19-8-9-20(26-15(19)4)34(5,29)30/h8-9,12-13,16-18H,6-7,10-11H2,1-5H3. The first-order valence-corrected chi connectivity index (χ1v) is 13.2. The van der Waals surface area contributed by atoms with Gasteiger partial charge in [-0.2, -0.15) is 0 Å². The van der Waals surface area contributed by atoms with Crippen molar-refractivity contribution < 1.29 is 27.4 Å². The number of rotatable bonds is 6. The number of aryl methyl sites for hydroxylation is 1. The van der Waals surface area contributed by atoms with Crippen molar-refractivity contribution in [2.75, 3.05) is 6.26 Å². The molecule has 0 spiro atoms. The average Bonchev–Trinajstić information content (AvgIpc) is 3.02. The molecule has 2 fully saturated rings. The number of aromatic nitrogens is 3. The first kappa shape index (κ1) is 24.2. The van der Waals surface area contributed by atoms with Crippen molar-refractivity contribution in [3.05, 3.63) is 29.7 Å². The molecule has 0 saturated carbocycles. The molecule has 2 saturated heterocycles. The summed E-state index contributed by atoms with van der Waals surface area (Å²) in [5, 5.41) is -0.0148. The number of sulfone groups is 1. The van der Waals surface area contributed by atoms with Crippen LogP contribution in [-0.4, -0.2) is 64.9 Å². The summed E-state index contributed by atoms with van der Waals surface area (Å²) in [7, 11) is -3.41. The van der Waals surface area contributed by atoms with E-state index >= 15 is 0 Å². The summed E-state index contributed by atoms with van der Waals surface area (Å²) in [5.41, 5.74) is 1.06. The number of piperidine rings is 1. The molecule has 2 unspecified atom stereocenters. The van der Waals surface area contributed by atoms with Crippen LogP contribution in [0.5, 0.6) is 17.5 Å². The van der Waals surface area contributed by atoms with Crippen molar-refractivity contribution in [1.82, 2.24) is 19.9 Å². The van der Waals surface area contributed by atoms with E-state index < -0.39 is 9.84 Å². The molecule has 2 bridgehead atoms. The van der Waals surface area contributed by atoms with Crippen LogP contribution in [0.15, 0.2) is 23.5 Å². The third-order valence-corrected chi connectivity index (χ3v) is 7.09. The Balaban J connectivity index is 1.46. The van der Waals surface area contributed by atoms with E-state index in [2.05, 4.69) is 15.0 Å². The molecule has 0 aromatic carbocycles. The molecule has 4 heterocycles. The molecule has 11 heteroatoms. The van der Waals surface area contributed by atoms with Gasteiger partial charge in [0.1, 0.15) is 12.4 Å². The Bertz CT molecular complexity index is 1170. The second kappa shape index (κ2) is 9.36. The van der Waals surface area contributed by atoms with Crippen LogP contribution in [0.4, 0.5) is 4.79 Å². The van der Waals surface area contributed by atoms with Gasteiger partial charge in [-0.15, -0.1) is 0 Å². The molecular formula is C23H30N4O6S. The number of pyridine rings is 1. The molecule has 34 heavy (non-hydrogen) atoms. The number of nitrogens with zero attached hydrogens (tertiary/aromatic N) is 4. The second-order valence-corrected chi connectivity index (χ2v) is 11.1. The van der Waals surface area contributed by atoms with Gasteiger partial charge in [-0.3, -0.25) is 0 Å². The molecule has 184 valence electrons. The fourth-order valence-electron chi connectivity index (χ4n) is 4.53. The lowest BCUT2D eigenvalue weighted by atomic mass is 10.0. The van der Waals surface area contributed by atoms with Gasteiger partial charge in [-0.1, -0.05) is 0 Å².